The third-order valence-corrected chi connectivity index (χ3v) is 2.07. The summed E-state index contributed by atoms with van der Waals surface area (Å²) in [6, 6.07) is 7.84. The van der Waals surface area contributed by atoms with Crippen LogP contribution in [0, 0.1) is 0 Å². The number of benzene rings is 1. The van der Waals surface area contributed by atoms with Crippen LogP contribution in [0.5, 0.6) is 5.75 Å². The van der Waals surface area contributed by atoms with Crippen molar-refractivity contribution in [3.8, 4) is 5.75 Å². The van der Waals surface area contributed by atoms with E-state index >= 15 is 0 Å². The number of nitrogens with zero attached hydrogens (tertiary/aromatic N) is 1. The molecule has 0 saturated heterocycles. The molecule has 0 unspecified atom stereocenters. The zero-order valence-electron chi connectivity index (χ0n) is 8.47. The summed E-state index contributed by atoms with van der Waals surface area (Å²) in [4.78, 5) is 4.21. The van der Waals surface area contributed by atoms with Crippen molar-refractivity contribution in [3.63, 3.8) is 0 Å². The Bertz CT molecular complexity index is 315. The molecule has 0 aliphatic rings. The molecule has 1 rings (SSSR count). The number of hydrogen-bond acceptors (Lipinski definition) is 4. The molecule has 0 N–H and O–H groups in total. The average Bonchev–Trinajstić information content (AvgIpc) is 2.27. The smallest absolute Gasteiger partial charge is 0.119 e. The van der Waals surface area contributed by atoms with E-state index in [0.29, 0.717) is 6.61 Å². The summed E-state index contributed by atoms with van der Waals surface area (Å²) >= 11 is 8.17. The fourth-order valence-corrected chi connectivity index (χ4v) is 1.28. The van der Waals surface area contributed by atoms with Crippen LogP contribution in [0.4, 0.5) is 0 Å². The largest absolute Gasteiger partial charge is 0.493 e. The molecule has 0 aliphatic carbocycles. The van der Waals surface area contributed by atoms with E-state index in [-0.39, 0.29) is 0 Å². The Hall–Kier alpha value is -0.610. The maximum atomic E-state index is 5.45. The van der Waals surface area contributed by atoms with Gasteiger partial charge in [-0.05, 0) is 17.7 Å². The molecular formula is C11H15NOS2. The van der Waals surface area contributed by atoms with Crippen LogP contribution in [0.2, 0.25) is 0 Å². The Labute approximate surface area is 102 Å². The predicted octanol–water partition coefficient (Wildman–Crippen LogP) is 2.34. The molecule has 82 valence electrons. The van der Waals surface area contributed by atoms with E-state index in [2.05, 4.69) is 30.2 Å². The first-order chi connectivity index (χ1) is 7.36. The Morgan fingerprint density at radius 2 is 2.13 bits per heavy atom. The number of hydrogen-bond donors (Lipinski definition) is 2. The first kappa shape index (κ1) is 12.5. The summed E-state index contributed by atoms with van der Waals surface area (Å²) in [5.74, 6) is 2.35. The molecule has 1 aromatic carbocycles. The van der Waals surface area contributed by atoms with Gasteiger partial charge >= 0.3 is 0 Å². The second-order valence-corrected chi connectivity index (χ2v) is 3.80. The molecule has 0 bridgehead atoms. The Morgan fingerprint density at radius 3 is 2.87 bits per heavy atom. The molecule has 4 heteroatoms. The number of thiol groups is 2. The van der Waals surface area contributed by atoms with Gasteiger partial charge in [0.15, 0.2) is 0 Å². The van der Waals surface area contributed by atoms with Crippen LogP contribution < -0.4 is 4.74 Å². The molecule has 0 heterocycles. The highest BCUT2D eigenvalue weighted by Crippen LogP contribution is 2.11. The van der Waals surface area contributed by atoms with E-state index in [1.807, 2.05) is 30.5 Å². The molecule has 0 aromatic heterocycles. The van der Waals surface area contributed by atoms with Crippen molar-refractivity contribution in [1.82, 2.24) is 0 Å². The molecule has 0 saturated carbocycles. The van der Waals surface area contributed by atoms with Gasteiger partial charge in [-0.3, -0.25) is 4.99 Å². The topological polar surface area (TPSA) is 21.6 Å². The van der Waals surface area contributed by atoms with Crippen LogP contribution in [-0.4, -0.2) is 30.9 Å². The fraction of sp³-hybridized carbons (Fsp3) is 0.364. The number of rotatable bonds is 6. The van der Waals surface area contributed by atoms with E-state index in [4.69, 9.17) is 4.74 Å². The highest BCUT2D eigenvalue weighted by molar-refractivity contribution is 7.80. The minimum atomic E-state index is 0.625. The summed E-state index contributed by atoms with van der Waals surface area (Å²) in [6.07, 6.45) is 1.84. The molecule has 0 atom stereocenters. The molecule has 15 heavy (non-hydrogen) atoms. The second-order valence-electron chi connectivity index (χ2n) is 2.90. The number of aliphatic imine (C=N–C) groups is 1. The minimum absolute atomic E-state index is 0.625. The van der Waals surface area contributed by atoms with Gasteiger partial charge in [0.25, 0.3) is 0 Å². The van der Waals surface area contributed by atoms with Crippen LogP contribution in [0.3, 0.4) is 0 Å². The summed E-state index contributed by atoms with van der Waals surface area (Å²) in [5, 5.41) is 0. The molecule has 0 radical (unpaired) electrons. The molecular weight excluding hydrogens is 226 g/mol. The highest BCUT2D eigenvalue weighted by Gasteiger charge is 1.93. The van der Waals surface area contributed by atoms with E-state index in [0.717, 1.165) is 29.4 Å². The van der Waals surface area contributed by atoms with Crippen molar-refractivity contribution in [2.75, 3.05) is 24.7 Å². The van der Waals surface area contributed by atoms with Crippen molar-refractivity contribution < 1.29 is 4.74 Å². The quantitative estimate of drug-likeness (QED) is 0.579. The van der Waals surface area contributed by atoms with Crippen LogP contribution in [-0.2, 0) is 0 Å². The minimum Gasteiger partial charge on any atom is -0.493 e. The fourth-order valence-electron chi connectivity index (χ4n) is 1.08. The molecule has 0 spiro atoms. The third-order valence-electron chi connectivity index (χ3n) is 1.69. The summed E-state index contributed by atoms with van der Waals surface area (Å²) in [6.45, 7) is 1.37. The third kappa shape index (κ3) is 5.14. The van der Waals surface area contributed by atoms with Crippen molar-refractivity contribution in [2.24, 2.45) is 4.99 Å². The van der Waals surface area contributed by atoms with E-state index in [1.54, 1.807) is 0 Å². The lowest BCUT2D eigenvalue weighted by Gasteiger charge is -2.04. The van der Waals surface area contributed by atoms with Gasteiger partial charge in [0.1, 0.15) is 5.75 Å². The summed E-state index contributed by atoms with van der Waals surface area (Å²) < 4.78 is 5.45. The predicted molar refractivity (Wildman–Crippen MR) is 72.1 cm³/mol. The van der Waals surface area contributed by atoms with E-state index < -0.39 is 0 Å². The Kier molecular flexibility index (Phi) is 6.36. The van der Waals surface area contributed by atoms with Crippen LogP contribution >= 0.6 is 25.3 Å². The van der Waals surface area contributed by atoms with Crippen molar-refractivity contribution in [1.29, 1.82) is 0 Å². The van der Waals surface area contributed by atoms with Crippen molar-refractivity contribution >= 4 is 31.5 Å². The van der Waals surface area contributed by atoms with Gasteiger partial charge in [-0.15, -0.1) is 0 Å². The monoisotopic (exact) mass is 241 g/mol. The molecule has 1 aromatic rings. The van der Waals surface area contributed by atoms with E-state index in [1.165, 1.54) is 0 Å². The van der Waals surface area contributed by atoms with Crippen LogP contribution in [0.1, 0.15) is 5.56 Å². The summed E-state index contributed by atoms with van der Waals surface area (Å²) in [5.41, 5.74) is 1.05. The molecule has 0 aliphatic heterocycles. The molecule has 0 fully saturated rings. The normalized spacial score (nSPS) is 10.8. The molecule has 0 amide bonds. The van der Waals surface area contributed by atoms with Crippen molar-refractivity contribution in [2.45, 2.75) is 0 Å². The average molecular weight is 241 g/mol. The van der Waals surface area contributed by atoms with Gasteiger partial charge in [0.05, 0.1) is 6.61 Å². The van der Waals surface area contributed by atoms with E-state index in [9.17, 15) is 0 Å². The highest BCUT2D eigenvalue weighted by atomic mass is 32.1. The van der Waals surface area contributed by atoms with Crippen LogP contribution in [0.15, 0.2) is 29.3 Å². The van der Waals surface area contributed by atoms with Crippen LogP contribution in [0.25, 0.3) is 0 Å². The number of ether oxygens (including phenoxy) is 1. The van der Waals surface area contributed by atoms with Gasteiger partial charge < -0.3 is 4.74 Å². The van der Waals surface area contributed by atoms with Gasteiger partial charge in [0, 0.05) is 24.3 Å². The van der Waals surface area contributed by atoms with Crippen molar-refractivity contribution in [3.05, 3.63) is 29.8 Å². The van der Waals surface area contributed by atoms with Gasteiger partial charge in [0.2, 0.25) is 0 Å². The zero-order valence-corrected chi connectivity index (χ0v) is 10.3. The first-order valence-corrected chi connectivity index (χ1v) is 6.07. The first-order valence-electron chi connectivity index (χ1n) is 4.81. The molecule has 2 nitrogen and oxygen atoms in total. The lowest BCUT2D eigenvalue weighted by atomic mass is 10.2. The maximum absolute atomic E-state index is 5.45. The Morgan fingerprint density at radius 1 is 1.27 bits per heavy atom. The second kappa shape index (κ2) is 7.65. The van der Waals surface area contributed by atoms with Gasteiger partial charge in [-0.2, -0.15) is 25.3 Å². The standard InChI is InChI=1S/C11H15NOS2/c14-6-4-12-9-10-2-1-3-11(8-10)13-5-7-15/h1-3,8-9,14-15H,4-7H2. The zero-order chi connectivity index (χ0) is 10.9. The lowest BCUT2D eigenvalue weighted by Crippen LogP contribution is -1.98. The Balaban J connectivity index is 2.57. The maximum Gasteiger partial charge on any atom is 0.119 e. The SMILES string of the molecule is SCCN=Cc1cccc(OCCS)c1. The van der Waals surface area contributed by atoms with Gasteiger partial charge in [-0.25, -0.2) is 0 Å². The lowest BCUT2D eigenvalue weighted by molar-refractivity contribution is 0.344. The summed E-state index contributed by atoms with van der Waals surface area (Å²) in [7, 11) is 0. The van der Waals surface area contributed by atoms with Gasteiger partial charge in [-0.1, -0.05) is 12.1 Å².